The van der Waals surface area contributed by atoms with Gasteiger partial charge >= 0.3 is 0 Å². The third-order valence-corrected chi connectivity index (χ3v) is 8.18. The van der Waals surface area contributed by atoms with Crippen LogP contribution in [-0.2, 0) is 10.0 Å². The van der Waals surface area contributed by atoms with E-state index in [0.717, 1.165) is 16.7 Å². The number of benzene rings is 1. The fraction of sp³-hybridized carbons (Fsp3) is 0.391. The van der Waals surface area contributed by atoms with Gasteiger partial charge in [-0.1, -0.05) is 12.1 Å². The highest BCUT2D eigenvalue weighted by Crippen LogP contribution is 2.34. The molecule has 0 fully saturated rings. The topological polar surface area (TPSA) is 118 Å². The summed E-state index contributed by atoms with van der Waals surface area (Å²) in [6, 6.07) is 7.03. The van der Waals surface area contributed by atoms with E-state index in [9.17, 15) is 13.5 Å². The molecule has 6 rings (SSSR count). The largest absolute Gasteiger partial charge is 0.484 e. The van der Waals surface area contributed by atoms with Gasteiger partial charge in [0.15, 0.2) is 17.2 Å². The van der Waals surface area contributed by atoms with Crippen molar-refractivity contribution in [1.82, 2.24) is 19.2 Å². The molecule has 3 aliphatic heterocycles. The number of para-hydroxylation sites is 1. The van der Waals surface area contributed by atoms with Gasteiger partial charge < -0.3 is 19.0 Å². The molecule has 0 radical (unpaired) electrons. The predicted molar refractivity (Wildman–Crippen MR) is 121 cm³/mol. The minimum absolute atomic E-state index is 0.0983. The summed E-state index contributed by atoms with van der Waals surface area (Å²) in [7, 11) is -3.71. The number of aliphatic hydroxyl groups excluding tert-OH is 1. The van der Waals surface area contributed by atoms with Gasteiger partial charge in [0.25, 0.3) is 5.88 Å². The summed E-state index contributed by atoms with van der Waals surface area (Å²) in [5, 5.41) is 10.9. The number of aliphatic hydroxyl groups is 1. The van der Waals surface area contributed by atoms with E-state index in [4.69, 9.17) is 13.9 Å². The van der Waals surface area contributed by atoms with Gasteiger partial charge in [-0.05, 0) is 17.2 Å². The van der Waals surface area contributed by atoms with Crippen LogP contribution in [0.1, 0.15) is 17.6 Å². The number of rotatable bonds is 5. The summed E-state index contributed by atoms with van der Waals surface area (Å²) >= 11 is 0. The SMILES string of the molecule is Cc1nc2c(C(O)CN3CC4=C(C3)CN(S(=O)(=O)c3cnc5c(c3)OCCO5)C4)cccc2o1. The van der Waals surface area contributed by atoms with Gasteiger partial charge in [-0.3, -0.25) is 4.90 Å². The van der Waals surface area contributed by atoms with Gasteiger partial charge in [-0.15, -0.1) is 0 Å². The molecule has 0 amide bonds. The molecule has 178 valence electrons. The van der Waals surface area contributed by atoms with E-state index in [1.165, 1.54) is 16.6 Å². The second-order valence-corrected chi connectivity index (χ2v) is 10.7. The van der Waals surface area contributed by atoms with Gasteiger partial charge in [0.2, 0.25) is 10.0 Å². The Morgan fingerprint density at radius 3 is 2.68 bits per heavy atom. The molecule has 0 aliphatic carbocycles. The first-order chi connectivity index (χ1) is 16.4. The molecule has 1 atom stereocenters. The van der Waals surface area contributed by atoms with Crippen molar-refractivity contribution in [2.24, 2.45) is 0 Å². The molecule has 34 heavy (non-hydrogen) atoms. The number of aromatic nitrogens is 2. The summed E-state index contributed by atoms with van der Waals surface area (Å²) in [6.45, 7) is 4.87. The summed E-state index contributed by atoms with van der Waals surface area (Å²) in [5.74, 6) is 1.23. The van der Waals surface area contributed by atoms with Crippen LogP contribution >= 0.6 is 0 Å². The molecule has 1 unspecified atom stereocenters. The zero-order chi connectivity index (χ0) is 23.4. The van der Waals surface area contributed by atoms with Crippen molar-refractivity contribution in [1.29, 1.82) is 0 Å². The molecule has 0 bridgehead atoms. The standard InChI is InChI=1S/C23H24N4O6S/c1-14-25-22-18(3-2-4-20(22)33-14)19(28)13-26-9-15-11-27(12-16(15)10-26)34(29,30)17-7-21-23(24-8-17)32-6-5-31-21/h2-4,7-8,19,28H,5-6,9-13H2,1H3. The van der Waals surface area contributed by atoms with E-state index in [-0.39, 0.29) is 4.90 Å². The lowest BCUT2D eigenvalue weighted by molar-refractivity contribution is 0.127. The Morgan fingerprint density at radius 1 is 1.12 bits per heavy atom. The molecule has 0 spiro atoms. The van der Waals surface area contributed by atoms with Crippen LogP contribution in [0.5, 0.6) is 11.6 Å². The van der Waals surface area contributed by atoms with Crippen molar-refractivity contribution in [3.8, 4) is 11.6 Å². The summed E-state index contributed by atoms with van der Waals surface area (Å²) in [4.78, 5) is 10.8. The fourth-order valence-corrected chi connectivity index (χ4v) is 6.21. The van der Waals surface area contributed by atoms with Gasteiger partial charge in [-0.25, -0.2) is 18.4 Å². The Hall–Kier alpha value is -2.99. The Kier molecular flexibility index (Phi) is 5.10. The number of β-amino-alcohol motifs (C(OH)–C–C–N with tert-alkyl or cyclic N) is 1. The third-order valence-electron chi connectivity index (χ3n) is 6.42. The summed E-state index contributed by atoms with van der Waals surface area (Å²) in [5.41, 5.74) is 4.23. The molecular weight excluding hydrogens is 460 g/mol. The molecular formula is C23H24N4O6S. The quantitative estimate of drug-likeness (QED) is 0.539. The number of oxazole rings is 1. The average Bonchev–Trinajstić information content (AvgIpc) is 3.50. The number of hydrogen-bond donors (Lipinski definition) is 1. The second-order valence-electron chi connectivity index (χ2n) is 8.76. The van der Waals surface area contributed by atoms with Gasteiger partial charge in [0.1, 0.15) is 23.6 Å². The number of sulfonamides is 1. The third kappa shape index (κ3) is 3.65. The van der Waals surface area contributed by atoms with E-state index in [1.807, 2.05) is 18.2 Å². The molecule has 3 aliphatic rings. The summed E-state index contributed by atoms with van der Waals surface area (Å²) < 4.78 is 44.4. The van der Waals surface area contributed by atoms with Crippen LogP contribution in [0.2, 0.25) is 0 Å². The second kappa shape index (κ2) is 8.05. The van der Waals surface area contributed by atoms with Crippen molar-refractivity contribution in [2.75, 3.05) is 45.9 Å². The zero-order valence-corrected chi connectivity index (χ0v) is 19.4. The minimum Gasteiger partial charge on any atom is -0.484 e. The number of fused-ring (bicyclic) bond motifs is 2. The average molecular weight is 485 g/mol. The molecule has 0 saturated heterocycles. The maximum Gasteiger partial charge on any atom is 0.257 e. The molecule has 0 saturated carbocycles. The Balaban J connectivity index is 1.12. The molecule has 11 heteroatoms. The lowest BCUT2D eigenvalue weighted by Gasteiger charge is -2.25. The highest BCUT2D eigenvalue weighted by atomic mass is 32.2. The van der Waals surface area contributed by atoms with Crippen LogP contribution in [0.15, 0.2) is 50.9 Å². The van der Waals surface area contributed by atoms with Crippen molar-refractivity contribution < 1.29 is 27.4 Å². The van der Waals surface area contributed by atoms with Gasteiger partial charge in [0, 0.05) is 51.3 Å². The number of nitrogens with zero attached hydrogens (tertiary/aromatic N) is 4. The predicted octanol–water partition coefficient (Wildman–Crippen LogP) is 1.65. The fourth-order valence-electron chi connectivity index (χ4n) is 4.82. The summed E-state index contributed by atoms with van der Waals surface area (Å²) in [6.07, 6.45) is 0.595. The lowest BCUT2D eigenvalue weighted by Crippen LogP contribution is -2.35. The Labute approximate surface area is 196 Å². The molecule has 3 aromatic rings. The highest BCUT2D eigenvalue weighted by Gasteiger charge is 2.37. The van der Waals surface area contributed by atoms with Crippen molar-refractivity contribution >= 4 is 21.1 Å². The maximum atomic E-state index is 13.2. The van der Waals surface area contributed by atoms with Crippen LogP contribution in [0.25, 0.3) is 11.1 Å². The Bertz CT molecular complexity index is 1400. The zero-order valence-electron chi connectivity index (χ0n) is 18.6. The van der Waals surface area contributed by atoms with E-state index in [1.54, 1.807) is 6.92 Å². The van der Waals surface area contributed by atoms with Crippen LogP contribution in [-0.4, -0.2) is 78.6 Å². The monoisotopic (exact) mass is 484 g/mol. The molecule has 5 heterocycles. The van der Waals surface area contributed by atoms with Crippen molar-refractivity contribution in [3.05, 3.63) is 53.1 Å². The number of ether oxygens (including phenoxy) is 2. The van der Waals surface area contributed by atoms with E-state index in [2.05, 4.69) is 14.9 Å². The number of hydrogen-bond acceptors (Lipinski definition) is 9. The molecule has 1 N–H and O–H groups in total. The van der Waals surface area contributed by atoms with Gasteiger partial charge in [-0.2, -0.15) is 4.31 Å². The van der Waals surface area contributed by atoms with Crippen molar-refractivity contribution in [2.45, 2.75) is 17.9 Å². The van der Waals surface area contributed by atoms with Crippen LogP contribution in [0.3, 0.4) is 0 Å². The van der Waals surface area contributed by atoms with E-state index >= 15 is 0 Å². The first kappa shape index (κ1) is 21.5. The first-order valence-corrected chi connectivity index (χ1v) is 12.5. The maximum absolute atomic E-state index is 13.2. The van der Waals surface area contributed by atoms with Crippen LogP contribution in [0.4, 0.5) is 0 Å². The smallest absolute Gasteiger partial charge is 0.257 e. The van der Waals surface area contributed by atoms with E-state index < -0.39 is 16.1 Å². The normalized spacial score (nSPS) is 19.7. The highest BCUT2D eigenvalue weighted by molar-refractivity contribution is 7.89. The van der Waals surface area contributed by atoms with Crippen molar-refractivity contribution in [3.63, 3.8) is 0 Å². The van der Waals surface area contributed by atoms with Crippen LogP contribution < -0.4 is 9.47 Å². The van der Waals surface area contributed by atoms with E-state index in [0.29, 0.717) is 74.6 Å². The van der Waals surface area contributed by atoms with Gasteiger partial charge in [0.05, 0.1) is 12.3 Å². The number of pyridine rings is 1. The molecule has 2 aromatic heterocycles. The minimum atomic E-state index is -3.71. The molecule has 1 aromatic carbocycles. The number of aryl methyl sites for hydroxylation is 1. The van der Waals surface area contributed by atoms with Crippen LogP contribution in [0, 0.1) is 6.92 Å². The Morgan fingerprint density at radius 2 is 1.88 bits per heavy atom. The first-order valence-electron chi connectivity index (χ1n) is 11.1. The molecule has 10 nitrogen and oxygen atoms in total. The lowest BCUT2D eigenvalue weighted by atomic mass is 10.1.